The smallest absolute Gasteiger partial charge is 0.0267 e. The fourth-order valence-corrected chi connectivity index (χ4v) is 5.30. The van der Waals surface area contributed by atoms with Gasteiger partial charge in [-0.1, -0.05) is 18.6 Å². The van der Waals surface area contributed by atoms with Gasteiger partial charge in [0, 0.05) is 30.7 Å². The van der Waals surface area contributed by atoms with E-state index < -0.39 is 0 Å². The topological polar surface area (TPSA) is 30.5 Å². The van der Waals surface area contributed by atoms with Gasteiger partial charge in [0.2, 0.25) is 0 Å². The first-order chi connectivity index (χ1) is 13.0. The molecule has 0 aliphatic carbocycles. The number of likely N-dealkylation sites (tertiary alicyclic amines) is 1. The summed E-state index contributed by atoms with van der Waals surface area (Å²) in [6, 6.07) is 2.58. The molecule has 2 fully saturated rings. The van der Waals surface area contributed by atoms with E-state index in [1.54, 1.807) is 5.57 Å². The Hall–Kier alpha value is -0.420. The van der Waals surface area contributed by atoms with E-state index in [4.69, 9.17) is 0 Å². The van der Waals surface area contributed by atoms with Crippen molar-refractivity contribution in [1.29, 1.82) is 0 Å². The van der Waals surface area contributed by atoms with Crippen LogP contribution in [-0.4, -0.2) is 73.2 Å². The Kier molecular flexibility index (Phi) is 8.19. The molecule has 156 valence electrons. The summed E-state index contributed by atoms with van der Waals surface area (Å²) >= 11 is 0. The molecule has 0 amide bonds. The van der Waals surface area contributed by atoms with Crippen molar-refractivity contribution in [2.24, 2.45) is 5.92 Å². The van der Waals surface area contributed by atoms with Crippen LogP contribution in [0.1, 0.15) is 66.2 Å². The summed E-state index contributed by atoms with van der Waals surface area (Å²) in [4.78, 5) is 5.35. The molecule has 4 heteroatoms. The van der Waals surface area contributed by atoms with Gasteiger partial charge in [-0.05, 0) is 97.9 Å². The van der Waals surface area contributed by atoms with Gasteiger partial charge >= 0.3 is 0 Å². The fourth-order valence-electron chi connectivity index (χ4n) is 5.30. The zero-order valence-corrected chi connectivity index (χ0v) is 18.3. The summed E-state index contributed by atoms with van der Waals surface area (Å²) in [5.74, 6) is 0.696. The first-order valence-electron chi connectivity index (χ1n) is 11.7. The van der Waals surface area contributed by atoms with E-state index in [0.717, 1.165) is 6.54 Å². The zero-order valence-electron chi connectivity index (χ0n) is 18.3. The van der Waals surface area contributed by atoms with Gasteiger partial charge in [0.15, 0.2) is 0 Å². The van der Waals surface area contributed by atoms with Crippen LogP contribution in [0.25, 0.3) is 0 Å². The minimum absolute atomic E-state index is 0.570. The normalized spacial score (nSPS) is 30.9. The highest BCUT2D eigenvalue weighted by atomic mass is 15.2. The molecule has 3 aliphatic rings. The van der Waals surface area contributed by atoms with E-state index >= 15 is 0 Å². The van der Waals surface area contributed by atoms with Crippen molar-refractivity contribution >= 4 is 0 Å². The SMILES string of the molecule is CC(CC1CN(C(C)C)CCCN1)C1=CC(CC(C)N2CCCC2)NCC1. The van der Waals surface area contributed by atoms with Crippen molar-refractivity contribution in [3.05, 3.63) is 11.6 Å². The lowest BCUT2D eigenvalue weighted by atomic mass is 9.87. The van der Waals surface area contributed by atoms with E-state index in [9.17, 15) is 0 Å². The van der Waals surface area contributed by atoms with Crippen LogP contribution in [0.4, 0.5) is 0 Å². The molecule has 3 rings (SSSR count). The quantitative estimate of drug-likeness (QED) is 0.668. The van der Waals surface area contributed by atoms with E-state index in [1.165, 1.54) is 71.2 Å². The summed E-state index contributed by atoms with van der Waals surface area (Å²) in [6.07, 6.45) is 10.4. The van der Waals surface area contributed by atoms with Crippen molar-refractivity contribution in [3.63, 3.8) is 0 Å². The van der Waals surface area contributed by atoms with E-state index in [1.807, 2.05) is 0 Å². The molecule has 4 atom stereocenters. The second kappa shape index (κ2) is 10.4. The van der Waals surface area contributed by atoms with Gasteiger partial charge < -0.3 is 15.5 Å². The predicted molar refractivity (Wildman–Crippen MR) is 116 cm³/mol. The van der Waals surface area contributed by atoms with Crippen molar-refractivity contribution in [1.82, 2.24) is 20.4 Å². The van der Waals surface area contributed by atoms with Crippen LogP contribution in [0, 0.1) is 5.92 Å². The van der Waals surface area contributed by atoms with Crippen LogP contribution in [-0.2, 0) is 0 Å². The molecule has 0 aromatic heterocycles. The standard InChI is InChI=1S/C23H44N4/c1-18(2)27-13-7-9-24-23(17-27)14-19(3)21-8-10-25-22(16-21)15-20(4)26-11-5-6-12-26/h16,18-20,22-25H,5-15,17H2,1-4H3. The van der Waals surface area contributed by atoms with Crippen molar-refractivity contribution in [2.75, 3.05) is 39.3 Å². The number of nitrogens with one attached hydrogen (secondary N) is 2. The van der Waals surface area contributed by atoms with E-state index in [-0.39, 0.29) is 0 Å². The Balaban J connectivity index is 1.53. The van der Waals surface area contributed by atoms with Crippen molar-refractivity contribution < 1.29 is 0 Å². The van der Waals surface area contributed by atoms with Gasteiger partial charge in [0.05, 0.1) is 0 Å². The average molecular weight is 377 g/mol. The molecule has 3 aliphatic heterocycles. The van der Waals surface area contributed by atoms with Crippen LogP contribution < -0.4 is 10.6 Å². The van der Waals surface area contributed by atoms with Crippen LogP contribution >= 0.6 is 0 Å². The highest BCUT2D eigenvalue weighted by Gasteiger charge is 2.26. The van der Waals surface area contributed by atoms with Gasteiger partial charge in [-0.2, -0.15) is 0 Å². The summed E-state index contributed by atoms with van der Waals surface area (Å²) < 4.78 is 0. The highest BCUT2D eigenvalue weighted by Crippen LogP contribution is 2.25. The molecule has 2 N–H and O–H groups in total. The molecule has 0 aromatic carbocycles. The van der Waals surface area contributed by atoms with Crippen LogP contribution in [0.15, 0.2) is 11.6 Å². The summed E-state index contributed by atoms with van der Waals surface area (Å²) in [7, 11) is 0. The number of nitrogens with zero attached hydrogens (tertiary/aromatic N) is 2. The fraction of sp³-hybridized carbons (Fsp3) is 0.913. The molecule has 0 aromatic rings. The lowest BCUT2D eigenvalue weighted by molar-refractivity contribution is 0.210. The number of hydrogen-bond donors (Lipinski definition) is 2. The monoisotopic (exact) mass is 376 g/mol. The molecule has 0 bridgehead atoms. The molecule has 27 heavy (non-hydrogen) atoms. The summed E-state index contributed by atoms with van der Waals surface area (Å²) in [6.45, 7) is 17.0. The Labute approximate surface area is 168 Å². The lowest BCUT2D eigenvalue weighted by Crippen LogP contribution is -2.42. The molecular formula is C23H44N4. The third-order valence-electron chi connectivity index (χ3n) is 7.11. The summed E-state index contributed by atoms with van der Waals surface area (Å²) in [5, 5.41) is 7.59. The van der Waals surface area contributed by atoms with Crippen molar-refractivity contribution in [2.45, 2.75) is 90.4 Å². The van der Waals surface area contributed by atoms with Gasteiger partial charge in [0.1, 0.15) is 0 Å². The number of rotatable bonds is 7. The molecule has 2 saturated heterocycles. The third kappa shape index (κ3) is 6.28. The lowest BCUT2D eigenvalue weighted by Gasteiger charge is -2.33. The van der Waals surface area contributed by atoms with E-state index in [2.05, 4.69) is 54.2 Å². The van der Waals surface area contributed by atoms with Gasteiger partial charge in [-0.25, -0.2) is 0 Å². The Bertz CT molecular complexity index is 469. The average Bonchev–Trinajstić information content (AvgIpc) is 3.09. The van der Waals surface area contributed by atoms with Crippen LogP contribution in [0.5, 0.6) is 0 Å². The number of hydrogen-bond acceptors (Lipinski definition) is 4. The zero-order chi connectivity index (χ0) is 19.2. The molecular weight excluding hydrogens is 332 g/mol. The van der Waals surface area contributed by atoms with Gasteiger partial charge in [-0.3, -0.25) is 4.90 Å². The maximum absolute atomic E-state index is 3.83. The third-order valence-corrected chi connectivity index (χ3v) is 7.11. The van der Waals surface area contributed by atoms with Crippen LogP contribution in [0.2, 0.25) is 0 Å². The molecule has 3 heterocycles. The molecule has 0 radical (unpaired) electrons. The molecule has 4 nitrogen and oxygen atoms in total. The highest BCUT2D eigenvalue weighted by molar-refractivity contribution is 5.15. The Morgan fingerprint density at radius 3 is 2.41 bits per heavy atom. The maximum Gasteiger partial charge on any atom is 0.0267 e. The largest absolute Gasteiger partial charge is 0.313 e. The predicted octanol–water partition coefficient (Wildman–Crippen LogP) is 3.25. The maximum atomic E-state index is 3.83. The molecule has 4 unspecified atom stereocenters. The molecule has 0 spiro atoms. The Morgan fingerprint density at radius 1 is 0.926 bits per heavy atom. The Morgan fingerprint density at radius 2 is 1.67 bits per heavy atom. The van der Waals surface area contributed by atoms with Crippen LogP contribution in [0.3, 0.4) is 0 Å². The second-order valence-corrected chi connectivity index (χ2v) is 9.61. The summed E-state index contributed by atoms with van der Waals surface area (Å²) in [5.41, 5.74) is 1.70. The van der Waals surface area contributed by atoms with Crippen molar-refractivity contribution in [3.8, 4) is 0 Å². The minimum atomic E-state index is 0.570. The first-order valence-corrected chi connectivity index (χ1v) is 11.7. The minimum Gasteiger partial charge on any atom is -0.313 e. The van der Waals surface area contributed by atoms with Gasteiger partial charge in [0.25, 0.3) is 0 Å². The van der Waals surface area contributed by atoms with E-state index in [0.29, 0.717) is 30.1 Å². The molecule has 0 saturated carbocycles. The second-order valence-electron chi connectivity index (χ2n) is 9.61. The first kappa shape index (κ1) is 21.3. The van der Waals surface area contributed by atoms with Gasteiger partial charge in [-0.15, -0.1) is 0 Å².